The zero-order valence-corrected chi connectivity index (χ0v) is 16.6. The number of imidazole rings is 1. The molecular formula is C19H17Cl2N3O2S. The Bertz CT molecular complexity index is 912. The number of halogens is 2. The van der Waals surface area contributed by atoms with Crippen molar-refractivity contribution in [3.8, 4) is 0 Å². The summed E-state index contributed by atoms with van der Waals surface area (Å²) >= 11 is 13.1. The number of carbonyl (C=O) groups excluding carboxylic acids is 1. The van der Waals surface area contributed by atoms with E-state index in [1.54, 1.807) is 30.5 Å². The maximum atomic E-state index is 12.2. The van der Waals surface area contributed by atoms with Gasteiger partial charge in [-0.2, -0.15) is 0 Å². The number of hydrogen-bond donors (Lipinski definition) is 2. The van der Waals surface area contributed by atoms with E-state index in [0.717, 1.165) is 5.56 Å². The fourth-order valence-corrected chi connectivity index (χ4v) is 3.48. The number of aliphatic hydroxyl groups excluding tert-OH is 1. The minimum atomic E-state index is -0.145. The van der Waals surface area contributed by atoms with Gasteiger partial charge in [-0.15, -0.1) is 0 Å². The number of nitrogens with zero attached hydrogens (tertiary/aromatic N) is 2. The lowest BCUT2D eigenvalue weighted by molar-refractivity contribution is -0.113. The average molecular weight is 422 g/mol. The summed E-state index contributed by atoms with van der Waals surface area (Å²) in [6.45, 7) is 0.409. The number of amides is 1. The molecule has 140 valence electrons. The number of aliphatic hydroxyl groups is 1. The summed E-state index contributed by atoms with van der Waals surface area (Å²) in [6.07, 6.45) is 1.62. The van der Waals surface area contributed by atoms with Gasteiger partial charge in [0.2, 0.25) is 5.91 Å². The van der Waals surface area contributed by atoms with Crippen LogP contribution >= 0.6 is 35.0 Å². The molecule has 3 rings (SSSR count). The largest absolute Gasteiger partial charge is 0.390 e. The fourth-order valence-electron chi connectivity index (χ4n) is 2.44. The van der Waals surface area contributed by atoms with Crippen molar-refractivity contribution in [3.63, 3.8) is 0 Å². The summed E-state index contributed by atoms with van der Waals surface area (Å²) in [5.74, 6) is 0.0550. The Morgan fingerprint density at radius 2 is 1.70 bits per heavy atom. The zero-order chi connectivity index (χ0) is 19.2. The highest BCUT2D eigenvalue weighted by molar-refractivity contribution is 7.99. The maximum Gasteiger partial charge on any atom is 0.234 e. The highest BCUT2D eigenvalue weighted by Crippen LogP contribution is 2.22. The average Bonchev–Trinajstić information content (AvgIpc) is 3.05. The lowest BCUT2D eigenvalue weighted by Gasteiger charge is -2.11. The van der Waals surface area contributed by atoms with E-state index in [-0.39, 0.29) is 18.3 Å². The first-order valence-electron chi connectivity index (χ1n) is 8.13. The third-order valence-corrected chi connectivity index (χ3v) is 5.27. The zero-order valence-electron chi connectivity index (χ0n) is 14.2. The summed E-state index contributed by atoms with van der Waals surface area (Å²) in [5.41, 5.74) is 2.40. The third-order valence-electron chi connectivity index (χ3n) is 3.78. The molecule has 0 aliphatic heterocycles. The van der Waals surface area contributed by atoms with Crippen molar-refractivity contribution in [2.24, 2.45) is 0 Å². The van der Waals surface area contributed by atoms with E-state index in [4.69, 9.17) is 23.2 Å². The second-order valence-electron chi connectivity index (χ2n) is 5.75. The molecule has 5 nitrogen and oxygen atoms in total. The van der Waals surface area contributed by atoms with Gasteiger partial charge in [0.05, 0.1) is 24.3 Å². The molecule has 0 atom stereocenters. The van der Waals surface area contributed by atoms with Crippen LogP contribution in [0.15, 0.2) is 59.9 Å². The van der Waals surface area contributed by atoms with Gasteiger partial charge in [0.1, 0.15) is 0 Å². The Balaban J connectivity index is 1.65. The van der Waals surface area contributed by atoms with E-state index < -0.39 is 0 Å². The van der Waals surface area contributed by atoms with Crippen LogP contribution in [0.3, 0.4) is 0 Å². The number of anilines is 1. The Hall–Kier alpha value is -1.99. The third kappa shape index (κ3) is 5.49. The van der Waals surface area contributed by atoms with Gasteiger partial charge in [0, 0.05) is 22.3 Å². The number of hydrogen-bond acceptors (Lipinski definition) is 4. The van der Waals surface area contributed by atoms with Crippen molar-refractivity contribution in [1.29, 1.82) is 0 Å². The lowest BCUT2D eigenvalue weighted by Crippen LogP contribution is -2.15. The first-order chi connectivity index (χ1) is 13.0. The van der Waals surface area contributed by atoms with E-state index in [0.29, 0.717) is 33.1 Å². The van der Waals surface area contributed by atoms with Crippen LogP contribution in [-0.4, -0.2) is 26.3 Å². The molecule has 27 heavy (non-hydrogen) atoms. The maximum absolute atomic E-state index is 12.2. The molecule has 0 aliphatic carbocycles. The minimum Gasteiger partial charge on any atom is -0.390 e. The molecular weight excluding hydrogens is 405 g/mol. The van der Waals surface area contributed by atoms with Crippen molar-refractivity contribution >= 4 is 46.6 Å². The molecule has 3 aromatic rings. The predicted molar refractivity (Wildman–Crippen MR) is 110 cm³/mol. The fraction of sp³-hybridized carbons (Fsp3) is 0.158. The summed E-state index contributed by atoms with van der Waals surface area (Å²) in [4.78, 5) is 16.5. The van der Waals surface area contributed by atoms with Crippen molar-refractivity contribution in [2.75, 3.05) is 11.1 Å². The second kappa shape index (κ2) is 9.28. The van der Waals surface area contributed by atoms with E-state index >= 15 is 0 Å². The molecule has 0 aliphatic rings. The van der Waals surface area contributed by atoms with Crippen molar-refractivity contribution in [1.82, 2.24) is 9.55 Å². The van der Waals surface area contributed by atoms with E-state index in [1.165, 1.54) is 11.8 Å². The summed E-state index contributed by atoms with van der Waals surface area (Å²) in [5, 5.41) is 14.3. The topological polar surface area (TPSA) is 67.1 Å². The van der Waals surface area contributed by atoms with Gasteiger partial charge in [-0.25, -0.2) is 4.98 Å². The van der Waals surface area contributed by atoms with Crippen LogP contribution in [0.5, 0.6) is 0 Å². The van der Waals surface area contributed by atoms with Gasteiger partial charge in [-0.05, 0) is 42.0 Å². The van der Waals surface area contributed by atoms with E-state index in [2.05, 4.69) is 10.3 Å². The monoisotopic (exact) mass is 421 g/mol. The van der Waals surface area contributed by atoms with Crippen LogP contribution in [0, 0.1) is 0 Å². The predicted octanol–water partition coefficient (Wildman–Crippen LogP) is 4.46. The Morgan fingerprint density at radius 3 is 2.33 bits per heavy atom. The molecule has 0 unspecified atom stereocenters. The number of carbonyl (C=O) groups is 1. The number of benzene rings is 2. The standard InChI is InChI=1S/C19H17Cl2N3O2S/c20-14-3-1-13(2-4-14)10-24-17(11-25)9-22-19(24)27-12-18(26)23-16-7-5-15(21)6-8-16/h1-9,25H,10-12H2,(H,23,26). The Morgan fingerprint density at radius 1 is 1.07 bits per heavy atom. The molecule has 0 spiro atoms. The summed E-state index contributed by atoms with van der Waals surface area (Å²) in [6, 6.07) is 14.4. The molecule has 0 fully saturated rings. The summed E-state index contributed by atoms with van der Waals surface area (Å²) < 4.78 is 1.89. The molecule has 0 saturated carbocycles. The summed E-state index contributed by atoms with van der Waals surface area (Å²) in [7, 11) is 0. The number of thioether (sulfide) groups is 1. The van der Waals surface area contributed by atoms with Crippen molar-refractivity contribution < 1.29 is 9.90 Å². The van der Waals surface area contributed by atoms with Gasteiger partial charge < -0.3 is 15.0 Å². The minimum absolute atomic E-state index is 0.127. The van der Waals surface area contributed by atoms with Gasteiger partial charge in [-0.3, -0.25) is 4.79 Å². The van der Waals surface area contributed by atoms with Crippen LogP contribution in [-0.2, 0) is 17.9 Å². The molecule has 0 radical (unpaired) electrons. The van der Waals surface area contributed by atoms with Crippen LogP contribution in [0.4, 0.5) is 5.69 Å². The first kappa shape index (κ1) is 19.8. The normalized spacial score (nSPS) is 10.8. The quantitative estimate of drug-likeness (QED) is 0.552. The van der Waals surface area contributed by atoms with Gasteiger partial charge in [-0.1, -0.05) is 47.1 Å². The van der Waals surface area contributed by atoms with Crippen LogP contribution in [0.25, 0.3) is 0 Å². The van der Waals surface area contributed by atoms with Crippen molar-refractivity contribution in [2.45, 2.75) is 18.3 Å². The number of rotatable bonds is 7. The van der Waals surface area contributed by atoms with Crippen LogP contribution < -0.4 is 5.32 Å². The SMILES string of the molecule is O=C(CSc1ncc(CO)n1Cc1ccc(Cl)cc1)Nc1ccc(Cl)cc1. The van der Waals surface area contributed by atoms with E-state index in [9.17, 15) is 9.90 Å². The smallest absolute Gasteiger partial charge is 0.234 e. The van der Waals surface area contributed by atoms with E-state index in [1.807, 2.05) is 28.8 Å². The molecule has 0 bridgehead atoms. The second-order valence-corrected chi connectivity index (χ2v) is 7.56. The van der Waals surface area contributed by atoms with Crippen molar-refractivity contribution in [3.05, 3.63) is 76.0 Å². The first-order valence-corrected chi connectivity index (χ1v) is 9.87. The molecule has 2 aromatic carbocycles. The molecule has 0 saturated heterocycles. The number of aromatic nitrogens is 2. The highest BCUT2D eigenvalue weighted by Gasteiger charge is 2.13. The Kier molecular flexibility index (Phi) is 6.79. The Labute approximate surface area is 171 Å². The van der Waals surface area contributed by atoms with Crippen LogP contribution in [0.1, 0.15) is 11.3 Å². The number of nitrogens with one attached hydrogen (secondary N) is 1. The van der Waals surface area contributed by atoms with Gasteiger partial charge >= 0.3 is 0 Å². The highest BCUT2D eigenvalue weighted by atomic mass is 35.5. The molecule has 1 aromatic heterocycles. The lowest BCUT2D eigenvalue weighted by atomic mass is 10.2. The molecule has 1 amide bonds. The molecule has 1 heterocycles. The molecule has 8 heteroatoms. The van der Waals surface area contributed by atoms with Gasteiger partial charge in [0.15, 0.2) is 5.16 Å². The van der Waals surface area contributed by atoms with Gasteiger partial charge in [0.25, 0.3) is 0 Å². The molecule has 2 N–H and O–H groups in total. The van der Waals surface area contributed by atoms with Crippen LogP contribution in [0.2, 0.25) is 10.0 Å².